The summed E-state index contributed by atoms with van der Waals surface area (Å²) in [6.07, 6.45) is 1.42. The predicted octanol–water partition coefficient (Wildman–Crippen LogP) is 2.41. The van der Waals surface area contributed by atoms with E-state index in [4.69, 9.17) is 0 Å². The molecule has 0 bridgehead atoms. The van der Waals surface area contributed by atoms with Crippen LogP contribution in [-0.4, -0.2) is 38.6 Å². The number of tetrazole rings is 1. The molecule has 2 heterocycles. The van der Waals surface area contributed by atoms with E-state index in [0.717, 1.165) is 23.2 Å². The molecule has 3 aromatic rings. The van der Waals surface area contributed by atoms with Crippen molar-refractivity contribution in [2.24, 2.45) is 0 Å². The fourth-order valence-electron chi connectivity index (χ4n) is 3.24. The van der Waals surface area contributed by atoms with Gasteiger partial charge in [-0.2, -0.15) is 4.80 Å². The monoisotopic (exact) mass is 376 g/mol. The second kappa shape index (κ2) is 7.59. The second-order valence-electron chi connectivity index (χ2n) is 6.71. The number of amides is 2. The van der Waals surface area contributed by atoms with Crippen LogP contribution in [-0.2, 0) is 16.1 Å². The predicted molar refractivity (Wildman–Crippen MR) is 105 cm³/mol. The molecule has 1 aliphatic rings. The largest absolute Gasteiger partial charge is 0.324 e. The van der Waals surface area contributed by atoms with Crippen LogP contribution in [0, 0.1) is 6.92 Å². The number of benzene rings is 2. The molecule has 1 N–H and O–H groups in total. The fraction of sp³-hybridized carbons (Fsp3) is 0.250. The maximum absolute atomic E-state index is 12.4. The van der Waals surface area contributed by atoms with E-state index in [1.807, 2.05) is 43.3 Å². The van der Waals surface area contributed by atoms with Gasteiger partial charge in [0, 0.05) is 29.9 Å². The molecule has 8 heteroatoms. The number of nitrogens with one attached hydrogen (secondary N) is 1. The van der Waals surface area contributed by atoms with Gasteiger partial charge in [0.1, 0.15) is 6.54 Å². The Balaban J connectivity index is 1.43. The molecule has 142 valence electrons. The molecule has 0 radical (unpaired) electrons. The topological polar surface area (TPSA) is 93.0 Å². The van der Waals surface area contributed by atoms with E-state index in [1.54, 1.807) is 17.0 Å². The fourth-order valence-corrected chi connectivity index (χ4v) is 3.24. The Bertz CT molecular complexity index is 1030. The number of aryl methyl sites for hydroxylation is 1. The normalized spacial score (nSPS) is 13.8. The van der Waals surface area contributed by atoms with Gasteiger partial charge in [0.25, 0.3) is 0 Å². The minimum Gasteiger partial charge on any atom is -0.324 e. The Kier molecular flexibility index (Phi) is 4.84. The molecule has 0 aliphatic carbocycles. The Hall–Kier alpha value is -3.55. The smallest absolute Gasteiger partial charge is 0.248 e. The summed E-state index contributed by atoms with van der Waals surface area (Å²) in [7, 11) is 0. The lowest BCUT2D eigenvalue weighted by Crippen LogP contribution is -2.24. The molecular formula is C20H20N6O2. The molecule has 1 aliphatic heterocycles. The van der Waals surface area contributed by atoms with Crippen LogP contribution in [0.15, 0.2) is 48.5 Å². The number of carbonyl (C=O) groups is 2. The van der Waals surface area contributed by atoms with Gasteiger partial charge in [-0.25, -0.2) is 0 Å². The Labute approximate surface area is 162 Å². The highest BCUT2D eigenvalue weighted by molar-refractivity contribution is 5.97. The van der Waals surface area contributed by atoms with Gasteiger partial charge in [0.2, 0.25) is 17.6 Å². The van der Waals surface area contributed by atoms with Crippen LogP contribution in [0.1, 0.15) is 18.4 Å². The average Bonchev–Trinajstić information content (AvgIpc) is 3.31. The van der Waals surface area contributed by atoms with Gasteiger partial charge in [-0.3, -0.25) is 9.59 Å². The first-order chi connectivity index (χ1) is 13.6. The van der Waals surface area contributed by atoms with Crippen molar-refractivity contribution in [3.63, 3.8) is 0 Å². The van der Waals surface area contributed by atoms with Crippen LogP contribution >= 0.6 is 0 Å². The van der Waals surface area contributed by atoms with Crippen molar-refractivity contribution in [2.45, 2.75) is 26.3 Å². The molecule has 1 fully saturated rings. The number of carbonyl (C=O) groups excluding carboxylic acids is 2. The van der Waals surface area contributed by atoms with E-state index >= 15 is 0 Å². The van der Waals surface area contributed by atoms with Crippen molar-refractivity contribution in [1.29, 1.82) is 0 Å². The Morgan fingerprint density at radius 3 is 2.82 bits per heavy atom. The second-order valence-corrected chi connectivity index (χ2v) is 6.71. The third-order valence-electron chi connectivity index (χ3n) is 4.64. The summed E-state index contributed by atoms with van der Waals surface area (Å²) in [5, 5.41) is 15.1. The highest BCUT2D eigenvalue weighted by Crippen LogP contribution is 2.24. The van der Waals surface area contributed by atoms with E-state index in [0.29, 0.717) is 24.5 Å². The van der Waals surface area contributed by atoms with Crippen molar-refractivity contribution < 1.29 is 9.59 Å². The molecule has 0 unspecified atom stereocenters. The zero-order valence-electron chi connectivity index (χ0n) is 15.5. The van der Waals surface area contributed by atoms with Crippen LogP contribution in [0.25, 0.3) is 11.4 Å². The summed E-state index contributed by atoms with van der Waals surface area (Å²) >= 11 is 0. The molecule has 2 aromatic carbocycles. The summed E-state index contributed by atoms with van der Waals surface area (Å²) in [5.41, 5.74) is 3.35. The number of hydrogen-bond acceptors (Lipinski definition) is 5. The first kappa shape index (κ1) is 17.8. The summed E-state index contributed by atoms with van der Waals surface area (Å²) < 4.78 is 0. The summed E-state index contributed by atoms with van der Waals surface area (Å²) in [6, 6.07) is 15.0. The average molecular weight is 376 g/mol. The van der Waals surface area contributed by atoms with Gasteiger partial charge in [-0.05, 0) is 42.3 Å². The van der Waals surface area contributed by atoms with Crippen LogP contribution < -0.4 is 10.2 Å². The van der Waals surface area contributed by atoms with Crippen LogP contribution in [0.5, 0.6) is 0 Å². The first-order valence-electron chi connectivity index (χ1n) is 9.14. The van der Waals surface area contributed by atoms with Gasteiger partial charge < -0.3 is 10.2 Å². The SMILES string of the molecule is Cc1ccccc1-c1nnn(CC(=O)Nc2cccc(N3CCCC3=O)c2)n1. The number of anilines is 2. The van der Waals surface area contributed by atoms with Crippen LogP contribution in [0.4, 0.5) is 11.4 Å². The van der Waals surface area contributed by atoms with Crippen molar-refractivity contribution in [2.75, 3.05) is 16.8 Å². The van der Waals surface area contributed by atoms with Crippen molar-refractivity contribution in [3.05, 3.63) is 54.1 Å². The van der Waals surface area contributed by atoms with Gasteiger partial charge in [0.15, 0.2) is 0 Å². The quantitative estimate of drug-likeness (QED) is 0.738. The zero-order valence-corrected chi connectivity index (χ0v) is 15.5. The molecule has 0 atom stereocenters. The summed E-state index contributed by atoms with van der Waals surface area (Å²) in [4.78, 5) is 27.3. The molecule has 4 rings (SSSR count). The molecule has 28 heavy (non-hydrogen) atoms. The third kappa shape index (κ3) is 3.75. The Morgan fingerprint density at radius 1 is 1.18 bits per heavy atom. The molecule has 1 saturated heterocycles. The lowest BCUT2D eigenvalue weighted by atomic mass is 10.1. The van der Waals surface area contributed by atoms with E-state index < -0.39 is 0 Å². The molecular weight excluding hydrogens is 356 g/mol. The van der Waals surface area contributed by atoms with Crippen molar-refractivity contribution >= 4 is 23.2 Å². The van der Waals surface area contributed by atoms with Gasteiger partial charge in [0.05, 0.1) is 0 Å². The molecule has 0 saturated carbocycles. The molecule has 2 amide bonds. The highest BCUT2D eigenvalue weighted by Gasteiger charge is 2.21. The lowest BCUT2D eigenvalue weighted by Gasteiger charge is -2.16. The number of aromatic nitrogens is 4. The number of hydrogen-bond donors (Lipinski definition) is 1. The third-order valence-corrected chi connectivity index (χ3v) is 4.64. The molecule has 1 aromatic heterocycles. The molecule has 0 spiro atoms. The minimum atomic E-state index is -0.265. The zero-order chi connectivity index (χ0) is 19.5. The Morgan fingerprint density at radius 2 is 2.04 bits per heavy atom. The standard InChI is InChI=1S/C20H20N6O2/c1-14-6-2-3-9-17(14)20-22-24-26(23-20)13-18(27)21-15-7-4-8-16(12-15)25-11-5-10-19(25)28/h2-4,6-9,12H,5,10-11,13H2,1H3,(H,21,27). The van der Waals surface area contributed by atoms with E-state index in [1.165, 1.54) is 4.80 Å². The number of rotatable bonds is 5. The highest BCUT2D eigenvalue weighted by atomic mass is 16.2. The van der Waals surface area contributed by atoms with Crippen LogP contribution in [0.3, 0.4) is 0 Å². The maximum atomic E-state index is 12.4. The van der Waals surface area contributed by atoms with Gasteiger partial charge >= 0.3 is 0 Å². The van der Waals surface area contributed by atoms with E-state index in [2.05, 4.69) is 20.7 Å². The maximum Gasteiger partial charge on any atom is 0.248 e. The van der Waals surface area contributed by atoms with Gasteiger partial charge in [-0.15, -0.1) is 10.2 Å². The summed E-state index contributed by atoms with van der Waals surface area (Å²) in [5.74, 6) is 0.332. The van der Waals surface area contributed by atoms with E-state index in [9.17, 15) is 9.59 Å². The summed E-state index contributed by atoms with van der Waals surface area (Å²) in [6.45, 7) is 2.63. The van der Waals surface area contributed by atoms with Crippen molar-refractivity contribution in [3.8, 4) is 11.4 Å². The lowest BCUT2D eigenvalue weighted by molar-refractivity contribution is -0.117. The van der Waals surface area contributed by atoms with Crippen LogP contribution in [0.2, 0.25) is 0 Å². The van der Waals surface area contributed by atoms with Crippen molar-refractivity contribution in [1.82, 2.24) is 20.2 Å². The minimum absolute atomic E-state index is 0.0498. The van der Waals surface area contributed by atoms with E-state index in [-0.39, 0.29) is 18.4 Å². The first-order valence-corrected chi connectivity index (χ1v) is 9.14. The number of nitrogens with zero attached hydrogens (tertiary/aromatic N) is 5. The van der Waals surface area contributed by atoms with Gasteiger partial charge in [-0.1, -0.05) is 30.3 Å². The molecule has 8 nitrogen and oxygen atoms in total.